The van der Waals surface area contributed by atoms with Crippen LogP contribution in [0, 0.1) is 0 Å². The van der Waals surface area contributed by atoms with Crippen LogP contribution < -0.4 is 0 Å². The number of carbonyl (C=O) groups is 3. The fraction of sp³-hybridized carbons (Fsp3) is 0.897. The summed E-state index contributed by atoms with van der Waals surface area (Å²) in [6.45, 7) is 6.40. The first-order valence-electron chi connectivity index (χ1n) is 15.6. The molecule has 0 saturated carbocycles. The van der Waals surface area contributed by atoms with E-state index in [1.807, 2.05) is 13.8 Å². The number of carbonyl (C=O) groups excluding carboxylic acids is 3. The first kappa shape index (κ1) is 36.5. The molecule has 0 aromatic heterocycles. The van der Waals surface area contributed by atoms with E-state index in [1.54, 1.807) is 0 Å². The number of aliphatic hydroxyl groups is 5. The van der Waals surface area contributed by atoms with E-state index in [-0.39, 0.29) is 25.4 Å². The van der Waals surface area contributed by atoms with Crippen LogP contribution in [0.4, 0.5) is 0 Å². The van der Waals surface area contributed by atoms with E-state index >= 15 is 0 Å². The summed E-state index contributed by atoms with van der Waals surface area (Å²) in [5.74, 6) is -1.60. The van der Waals surface area contributed by atoms with Crippen molar-refractivity contribution >= 4 is 17.8 Å². The smallest absolute Gasteiger partial charge is 0.333 e. The number of hydroxylamine groups is 2. The summed E-state index contributed by atoms with van der Waals surface area (Å²) in [5, 5.41) is 50.5. The topological polar surface area (TPSA) is 187 Å². The second kappa shape index (κ2) is 19.5. The second-order valence-corrected chi connectivity index (χ2v) is 11.0. The standard InChI is InChI=1S/C27H46N2O11.C2H6/c30-17-21-26(36)27(37)25(35)20(39-21)9-5-15-28(14-4-8-19-18(31)7-6-16-38-19)13-3-1-2-10-24(34)40-29-22(32)11-12-23(29)33;1-2/h18-21,25-27,30-31,35-37H,1-17H2;1-2H3/t18?,19-,20+,21?,25?,26+,27?;/m0./s1. The van der Waals surface area contributed by atoms with Crippen LogP contribution in [0.25, 0.3) is 0 Å². The van der Waals surface area contributed by atoms with Gasteiger partial charge in [0.15, 0.2) is 0 Å². The SMILES string of the molecule is CC.O=C(CCCCCN(CCC[C@@H]1OCCCC1O)CCC[C@H]1OC(CO)[C@@H](O)C(O)C1O)ON1C(=O)CCC1=O. The molecule has 5 N–H and O–H groups in total. The Kier molecular flexibility index (Phi) is 17.0. The summed E-state index contributed by atoms with van der Waals surface area (Å²) in [4.78, 5) is 42.4. The molecule has 0 aromatic carbocycles. The van der Waals surface area contributed by atoms with Crippen molar-refractivity contribution in [1.29, 1.82) is 0 Å². The third kappa shape index (κ3) is 11.4. The molecule has 0 spiro atoms. The molecular formula is C29H52N2O11. The molecule has 3 fully saturated rings. The first-order chi connectivity index (χ1) is 20.2. The van der Waals surface area contributed by atoms with Crippen molar-refractivity contribution in [1.82, 2.24) is 9.96 Å². The van der Waals surface area contributed by atoms with Crippen LogP contribution >= 0.6 is 0 Å². The van der Waals surface area contributed by atoms with Crippen LogP contribution in [-0.2, 0) is 28.7 Å². The minimum absolute atomic E-state index is 0.0597. The summed E-state index contributed by atoms with van der Waals surface area (Å²) < 4.78 is 11.3. The Balaban J connectivity index is 0.00000301. The van der Waals surface area contributed by atoms with Crippen molar-refractivity contribution in [3.63, 3.8) is 0 Å². The van der Waals surface area contributed by atoms with E-state index in [0.717, 1.165) is 51.6 Å². The lowest BCUT2D eigenvalue weighted by atomic mass is 9.93. The molecule has 0 aliphatic carbocycles. The third-order valence-corrected chi connectivity index (χ3v) is 7.88. The van der Waals surface area contributed by atoms with Crippen LogP contribution in [-0.4, -0.2) is 129 Å². The molecule has 0 radical (unpaired) electrons. The molecule has 3 rings (SSSR count). The highest BCUT2D eigenvalue weighted by atomic mass is 16.7. The number of rotatable bonds is 16. The van der Waals surface area contributed by atoms with Gasteiger partial charge in [0.2, 0.25) is 0 Å². The molecular weight excluding hydrogens is 552 g/mol. The van der Waals surface area contributed by atoms with Crippen molar-refractivity contribution in [2.24, 2.45) is 0 Å². The van der Waals surface area contributed by atoms with Gasteiger partial charge in [-0.2, -0.15) is 0 Å². The van der Waals surface area contributed by atoms with E-state index < -0.39 is 61.0 Å². The molecule has 3 heterocycles. The lowest BCUT2D eigenvalue weighted by Crippen LogP contribution is -2.58. The van der Waals surface area contributed by atoms with Gasteiger partial charge in [-0.25, -0.2) is 4.79 Å². The number of hydrogen-bond donors (Lipinski definition) is 5. The molecule has 13 nitrogen and oxygen atoms in total. The predicted octanol–water partition coefficient (Wildman–Crippen LogP) is 0.425. The Morgan fingerprint density at radius 1 is 0.857 bits per heavy atom. The number of ether oxygens (including phenoxy) is 2. The fourth-order valence-electron chi connectivity index (χ4n) is 5.47. The molecule has 244 valence electrons. The Hall–Kier alpha value is -1.71. The Labute approximate surface area is 248 Å². The van der Waals surface area contributed by atoms with E-state index in [9.17, 15) is 39.9 Å². The lowest BCUT2D eigenvalue weighted by molar-refractivity contribution is -0.230. The van der Waals surface area contributed by atoms with E-state index in [0.29, 0.717) is 37.5 Å². The highest BCUT2D eigenvalue weighted by Crippen LogP contribution is 2.24. The van der Waals surface area contributed by atoms with E-state index in [4.69, 9.17) is 14.3 Å². The molecule has 3 aliphatic rings. The Morgan fingerprint density at radius 2 is 1.45 bits per heavy atom. The minimum Gasteiger partial charge on any atom is -0.394 e. The van der Waals surface area contributed by atoms with Gasteiger partial charge >= 0.3 is 5.97 Å². The molecule has 42 heavy (non-hydrogen) atoms. The van der Waals surface area contributed by atoms with Crippen molar-refractivity contribution in [2.75, 3.05) is 32.8 Å². The van der Waals surface area contributed by atoms with Gasteiger partial charge < -0.3 is 44.7 Å². The van der Waals surface area contributed by atoms with Gasteiger partial charge in [-0.3, -0.25) is 9.59 Å². The van der Waals surface area contributed by atoms with Gasteiger partial charge in [-0.05, 0) is 71.0 Å². The highest BCUT2D eigenvalue weighted by Gasteiger charge is 2.43. The average Bonchev–Trinajstić information content (AvgIpc) is 3.30. The van der Waals surface area contributed by atoms with Crippen molar-refractivity contribution in [3.05, 3.63) is 0 Å². The molecule has 13 heteroatoms. The first-order valence-corrected chi connectivity index (χ1v) is 15.6. The van der Waals surface area contributed by atoms with Crippen molar-refractivity contribution < 1.29 is 54.2 Å². The summed E-state index contributed by atoms with van der Waals surface area (Å²) in [5.41, 5.74) is 0. The zero-order chi connectivity index (χ0) is 31.1. The molecule has 4 unspecified atom stereocenters. The zero-order valence-electron chi connectivity index (χ0n) is 25.1. The molecule has 2 amide bonds. The fourth-order valence-corrected chi connectivity index (χ4v) is 5.47. The summed E-state index contributed by atoms with van der Waals surface area (Å²) in [6, 6.07) is 0. The predicted molar refractivity (Wildman–Crippen MR) is 151 cm³/mol. The van der Waals surface area contributed by atoms with Crippen LogP contribution in [0.15, 0.2) is 0 Å². The Bertz CT molecular complexity index is 798. The maximum absolute atomic E-state index is 12.0. The van der Waals surface area contributed by atoms with Crippen molar-refractivity contribution in [3.8, 4) is 0 Å². The highest BCUT2D eigenvalue weighted by molar-refractivity contribution is 6.01. The van der Waals surface area contributed by atoms with Crippen LogP contribution in [0.5, 0.6) is 0 Å². The monoisotopic (exact) mass is 604 g/mol. The number of unbranched alkanes of at least 4 members (excludes halogenated alkanes) is 2. The normalized spacial score (nSPS) is 29.9. The lowest BCUT2D eigenvalue weighted by Gasteiger charge is -2.40. The molecule has 7 atom stereocenters. The molecule has 3 aliphatic heterocycles. The van der Waals surface area contributed by atoms with Gasteiger partial charge in [0.05, 0.1) is 24.9 Å². The van der Waals surface area contributed by atoms with E-state index in [2.05, 4.69) is 4.90 Å². The quantitative estimate of drug-likeness (QED) is 0.121. The maximum atomic E-state index is 12.0. The van der Waals surface area contributed by atoms with Gasteiger partial charge in [0.1, 0.15) is 24.4 Å². The molecule has 3 saturated heterocycles. The number of amides is 2. The largest absolute Gasteiger partial charge is 0.394 e. The number of hydrogen-bond acceptors (Lipinski definition) is 12. The number of imide groups is 1. The van der Waals surface area contributed by atoms with Crippen LogP contribution in [0.1, 0.15) is 90.9 Å². The second-order valence-electron chi connectivity index (χ2n) is 11.0. The average molecular weight is 605 g/mol. The van der Waals surface area contributed by atoms with Gasteiger partial charge in [0.25, 0.3) is 11.8 Å². The number of aliphatic hydroxyl groups excluding tert-OH is 5. The van der Waals surface area contributed by atoms with E-state index in [1.165, 1.54) is 0 Å². The summed E-state index contributed by atoms with van der Waals surface area (Å²) in [6.07, 6.45) is 0.326. The van der Waals surface area contributed by atoms with Crippen LogP contribution in [0.3, 0.4) is 0 Å². The molecule has 0 aromatic rings. The summed E-state index contributed by atoms with van der Waals surface area (Å²) in [7, 11) is 0. The van der Waals surface area contributed by atoms with Gasteiger partial charge in [0, 0.05) is 25.9 Å². The van der Waals surface area contributed by atoms with Gasteiger partial charge in [-0.1, -0.05) is 20.3 Å². The zero-order valence-corrected chi connectivity index (χ0v) is 25.1. The minimum atomic E-state index is -1.39. The maximum Gasteiger partial charge on any atom is 0.333 e. The van der Waals surface area contributed by atoms with Gasteiger partial charge in [-0.15, -0.1) is 5.06 Å². The van der Waals surface area contributed by atoms with Crippen LogP contribution in [0.2, 0.25) is 0 Å². The third-order valence-electron chi connectivity index (χ3n) is 7.88. The summed E-state index contributed by atoms with van der Waals surface area (Å²) >= 11 is 0. The number of nitrogens with zero attached hydrogens (tertiary/aromatic N) is 2. The molecule has 0 bridgehead atoms. The Morgan fingerprint density at radius 3 is 2.07 bits per heavy atom. The van der Waals surface area contributed by atoms with Crippen molar-refractivity contribution in [2.45, 2.75) is 134 Å².